The molecule has 5 aromatic rings. The number of hydrogen-bond donors (Lipinski definition) is 1. The smallest absolute Gasteiger partial charge is 0.356 e. The second-order valence-corrected chi connectivity index (χ2v) is 9.33. The molecular formula is C26H20ClN3O3S. The molecule has 0 saturated heterocycles. The summed E-state index contributed by atoms with van der Waals surface area (Å²) >= 11 is 7.95. The van der Waals surface area contributed by atoms with Crippen molar-refractivity contribution in [2.45, 2.75) is 20.1 Å². The largest absolute Gasteiger partial charge is 0.489 e. The second kappa shape index (κ2) is 9.29. The predicted molar refractivity (Wildman–Crippen MR) is 134 cm³/mol. The third-order valence-electron chi connectivity index (χ3n) is 5.39. The zero-order valence-electron chi connectivity index (χ0n) is 18.2. The summed E-state index contributed by atoms with van der Waals surface area (Å²) in [6.45, 7) is 2.69. The first-order chi connectivity index (χ1) is 16.5. The van der Waals surface area contributed by atoms with Gasteiger partial charge < -0.3 is 9.84 Å². The topological polar surface area (TPSA) is 77.2 Å². The van der Waals surface area contributed by atoms with Gasteiger partial charge in [-0.05, 0) is 42.8 Å². The molecule has 8 heteroatoms. The Balaban J connectivity index is 1.45. The van der Waals surface area contributed by atoms with Crippen molar-refractivity contribution in [3.05, 3.63) is 100 Å². The van der Waals surface area contributed by atoms with Gasteiger partial charge in [0, 0.05) is 21.8 Å². The van der Waals surface area contributed by atoms with Gasteiger partial charge in [0.1, 0.15) is 17.4 Å². The molecule has 0 aliphatic heterocycles. The highest BCUT2D eigenvalue weighted by atomic mass is 35.5. The van der Waals surface area contributed by atoms with Crippen LogP contribution in [-0.2, 0) is 13.2 Å². The van der Waals surface area contributed by atoms with Crippen molar-refractivity contribution in [2.24, 2.45) is 0 Å². The van der Waals surface area contributed by atoms with E-state index in [1.807, 2.05) is 73.7 Å². The number of thiazole rings is 1. The van der Waals surface area contributed by atoms with Gasteiger partial charge in [-0.2, -0.15) is 5.10 Å². The number of rotatable bonds is 7. The molecule has 0 unspecified atom stereocenters. The van der Waals surface area contributed by atoms with Crippen molar-refractivity contribution >= 4 is 39.1 Å². The first-order valence-electron chi connectivity index (χ1n) is 10.6. The van der Waals surface area contributed by atoms with E-state index in [9.17, 15) is 9.90 Å². The van der Waals surface area contributed by atoms with Crippen molar-refractivity contribution in [3.8, 4) is 16.3 Å². The number of benzene rings is 3. The van der Waals surface area contributed by atoms with Crippen LogP contribution < -0.4 is 4.74 Å². The van der Waals surface area contributed by atoms with Crippen LogP contribution in [0.25, 0.3) is 20.8 Å². The lowest BCUT2D eigenvalue weighted by molar-refractivity contribution is 0.0689. The molecule has 0 radical (unpaired) electrons. The van der Waals surface area contributed by atoms with Gasteiger partial charge in [-0.25, -0.2) is 9.78 Å². The van der Waals surface area contributed by atoms with Crippen LogP contribution in [0.2, 0.25) is 5.02 Å². The molecule has 1 N–H and O–H groups in total. The van der Waals surface area contributed by atoms with Gasteiger partial charge in [-0.15, -0.1) is 11.3 Å². The fraction of sp³-hybridized carbons (Fsp3) is 0.115. The average molecular weight is 490 g/mol. The van der Waals surface area contributed by atoms with E-state index in [1.54, 1.807) is 22.1 Å². The highest BCUT2D eigenvalue weighted by molar-refractivity contribution is 7.21. The molecule has 0 bridgehead atoms. The molecule has 3 aromatic carbocycles. The van der Waals surface area contributed by atoms with Crippen molar-refractivity contribution in [2.75, 3.05) is 0 Å². The summed E-state index contributed by atoms with van der Waals surface area (Å²) in [5.41, 5.74) is 4.53. The van der Waals surface area contributed by atoms with Crippen LogP contribution in [0.4, 0.5) is 0 Å². The summed E-state index contributed by atoms with van der Waals surface area (Å²) in [6, 6.07) is 23.2. The monoisotopic (exact) mass is 489 g/mol. The van der Waals surface area contributed by atoms with Gasteiger partial charge in [-0.1, -0.05) is 54.1 Å². The molecule has 0 atom stereocenters. The molecule has 0 fully saturated rings. The van der Waals surface area contributed by atoms with Crippen LogP contribution in [0, 0.1) is 6.92 Å². The summed E-state index contributed by atoms with van der Waals surface area (Å²) in [6.07, 6.45) is 0. The maximum atomic E-state index is 11.3. The Labute approximate surface area is 205 Å². The molecule has 0 aliphatic rings. The van der Waals surface area contributed by atoms with E-state index in [1.165, 1.54) is 0 Å². The standard InChI is InChI=1S/C26H20ClN3O3S/c1-16-10-22(26(31)32)29-30(16)14-19-11-20(27)13-23-24(19)28-25(34-23)18-8-5-9-21(12-18)33-15-17-6-3-2-4-7-17/h2-13H,14-15H2,1H3,(H,31,32). The lowest BCUT2D eigenvalue weighted by Crippen LogP contribution is -2.06. The van der Waals surface area contributed by atoms with Crippen LogP contribution >= 0.6 is 22.9 Å². The summed E-state index contributed by atoms with van der Waals surface area (Å²) in [5, 5.41) is 14.9. The van der Waals surface area contributed by atoms with Crippen molar-refractivity contribution in [3.63, 3.8) is 0 Å². The molecule has 6 nitrogen and oxygen atoms in total. The number of carboxylic acid groups (broad SMARTS) is 1. The summed E-state index contributed by atoms with van der Waals surface area (Å²) in [4.78, 5) is 16.2. The molecule has 170 valence electrons. The van der Waals surface area contributed by atoms with Crippen molar-refractivity contribution < 1.29 is 14.6 Å². The van der Waals surface area contributed by atoms with Crippen LogP contribution in [0.3, 0.4) is 0 Å². The zero-order valence-corrected chi connectivity index (χ0v) is 19.8. The number of nitrogens with zero attached hydrogens (tertiary/aromatic N) is 3. The summed E-state index contributed by atoms with van der Waals surface area (Å²) < 4.78 is 8.59. The van der Waals surface area contributed by atoms with Crippen LogP contribution in [0.15, 0.2) is 72.8 Å². The fourth-order valence-electron chi connectivity index (χ4n) is 3.70. The van der Waals surface area contributed by atoms with Gasteiger partial charge >= 0.3 is 5.97 Å². The third kappa shape index (κ3) is 4.66. The van der Waals surface area contributed by atoms with Gasteiger partial charge in [-0.3, -0.25) is 4.68 Å². The Morgan fingerprint density at radius 3 is 2.68 bits per heavy atom. The van der Waals surface area contributed by atoms with E-state index < -0.39 is 5.97 Å². The molecule has 0 spiro atoms. The Bertz CT molecular complexity index is 1490. The van der Waals surface area contributed by atoms with E-state index in [2.05, 4.69) is 5.10 Å². The average Bonchev–Trinajstić information content (AvgIpc) is 3.42. The SMILES string of the molecule is Cc1cc(C(=O)O)nn1Cc1cc(Cl)cc2sc(-c3cccc(OCc4ccccc4)c3)nc12. The van der Waals surface area contributed by atoms with E-state index in [0.717, 1.165) is 43.4 Å². The second-order valence-electron chi connectivity index (χ2n) is 7.87. The number of aromatic nitrogens is 3. The van der Waals surface area contributed by atoms with E-state index in [-0.39, 0.29) is 5.69 Å². The highest BCUT2D eigenvalue weighted by Gasteiger charge is 2.15. The first-order valence-corrected chi connectivity index (χ1v) is 11.8. The number of fused-ring (bicyclic) bond motifs is 1. The molecule has 34 heavy (non-hydrogen) atoms. The summed E-state index contributed by atoms with van der Waals surface area (Å²) in [5.74, 6) is -0.282. The van der Waals surface area contributed by atoms with Crippen molar-refractivity contribution in [1.29, 1.82) is 0 Å². The molecule has 2 heterocycles. The van der Waals surface area contributed by atoms with Gasteiger partial charge in [0.25, 0.3) is 0 Å². The van der Waals surface area contributed by atoms with E-state index in [0.29, 0.717) is 18.2 Å². The van der Waals surface area contributed by atoms with Crippen LogP contribution in [-0.4, -0.2) is 25.8 Å². The minimum Gasteiger partial charge on any atom is -0.489 e. The van der Waals surface area contributed by atoms with E-state index in [4.69, 9.17) is 21.3 Å². The molecule has 5 rings (SSSR count). The molecule has 0 saturated carbocycles. The minimum absolute atomic E-state index is 0.0158. The number of aryl methyl sites for hydroxylation is 1. The van der Waals surface area contributed by atoms with Gasteiger partial charge in [0.05, 0.1) is 16.8 Å². The van der Waals surface area contributed by atoms with Gasteiger partial charge in [0.2, 0.25) is 0 Å². The quantitative estimate of drug-likeness (QED) is 0.284. The van der Waals surface area contributed by atoms with Crippen LogP contribution in [0.1, 0.15) is 27.3 Å². The zero-order chi connectivity index (χ0) is 23.7. The predicted octanol–water partition coefficient (Wildman–Crippen LogP) is 6.45. The lowest BCUT2D eigenvalue weighted by Gasteiger charge is -2.07. The number of hydrogen-bond acceptors (Lipinski definition) is 5. The van der Waals surface area contributed by atoms with Crippen LogP contribution in [0.5, 0.6) is 5.75 Å². The minimum atomic E-state index is -1.05. The normalized spacial score (nSPS) is 11.1. The Morgan fingerprint density at radius 2 is 1.91 bits per heavy atom. The number of halogens is 1. The number of ether oxygens (including phenoxy) is 1. The highest BCUT2D eigenvalue weighted by Crippen LogP contribution is 2.35. The van der Waals surface area contributed by atoms with E-state index >= 15 is 0 Å². The Morgan fingerprint density at radius 1 is 1.09 bits per heavy atom. The maximum absolute atomic E-state index is 11.3. The first kappa shape index (κ1) is 22.1. The lowest BCUT2D eigenvalue weighted by atomic mass is 10.2. The molecule has 0 aliphatic carbocycles. The maximum Gasteiger partial charge on any atom is 0.356 e. The molecule has 0 amide bonds. The number of carbonyl (C=O) groups is 1. The van der Waals surface area contributed by atoms with Crippen molar-refractivity contribution in [1.82, 2.24) is 14.8 Å². The third-order valence-corrected chi connectivity index (χ3v) is 6.66. The number of carboxylic acids is 1. The molecule has 2 aromatic heterocycles. The Hall–Kier alpha value is -3.68. The van der Waals surface area contributed by atoms with Gasteiger partial charge in [0.15, 0.2) is 5.69 Å². The Kier molecular flexibility index (Phi) is 6.04. The number of aromatic carboxylic acids is 1. The molecular weight excluding hydrogens is 470 g/mol. The fourth-order valence-corrected chi connectivity index (χ4v) is 5.06. The summed E-state index contributed by atoms with van der Waals surface area (Å²) in [7, 11) is 0.